The molecule has 0 bridgehead atoms. The molecule has 0 aliphatic carbocycles. The summed E-state index contributed by atoms with van der Waals surface area (Å²) in [6, 6.07) is 15.5. The van der Waals surface area contributed by atoms with Crippen LogP contribution in [0, 0.1) is 5.92 Å². The first-order valence-corrected chi connectivity index (χ1v) is 10.3. The third kappa shape index (κ3) is 4.98. The van der Waals surface area contributed by atoms with Crippen molar-refractivity contribution in [3.05, 3.63) is 70.7 Å². The lowest BCUT2D eigenvalue weighted by atomic mass is 9.84. The van der Waals surface area contributed by atoms with Crippen molar-refractivity contribution in [2.45, 2.75) is 38.3 Å². The monoisotopic (exact) mass is 414 g/mol. The van der Waals surface area contributed by atoms with Gasteiger partial charge in [-0.05, 0) is 48.6 Å². The molecule has 0 radical (unpaired) electrons. The van der Waals surface area contributed by atoms with Crippen molar-refractivity contribution in [1.82, 2.24) is 10.2 Å². The minimum absolute atomic E-state index is 0.0489. The SMILES string of the molecule is CC(C)C(NC(=O)c1ccccc1)C(=O)N1CCC(O)(c2ccc(Cl)cc2)CC1. The molecule has 0 saturated carbocycles. The van der Waals surface area contributed by atoms with Crippen molar-refractivity contribution >= 4 is 23.4 Å². The molecule has 1 unspecified atom stereocenters. The van der Waals surface area contributed by atoms with Crippen molar-refractivity contribution < 1.29 is 14.7 Å². The van der Waals surface area contributed by atoms with Crippen molar-refractivity contribution in [2.24, 2.45) is 5.92 Å². The molecule has 29 heavy (non-hydrogen) atoms. The first-order valence-electron chi connectivity index (χ1n) is 9.93. The molecule has 0 spiro atoms. The average Bonchev–Trinajstić information content (AvgIpc) is 2.72. The van der Waals surface area contributed by atoms with Crippen LogP contribution in [0.5, 0.6) is 0 Å². The van der Waals surface area contributed by atoms with Crippen molar-refractivity contribution in [3.63, 3.8) is 0 Å². The molecule has 2 aromatic rings. The van der Waals surface area contributed by atoms with Gasteiger partial charge in [-0.1, -0.05) is 55.8 Å². The average molecular weight is 415 g/mol. The molecule has 3 rings (SSSR count). The van der Waals surface area contributed by atoms with E-state index in [-0.39, 0.29) is 17.7 Å². The van der Waals surface area contributed by atoms with E-state index in [1.807, 2.05) is 32.0 Å². The molecule has 1 atom stereocenters. The summed E-state index contributed by atoms with van der Waals surface area (Å²) in [6.45, 7) is 4.70. The van der Waals surface area contributed by atoms with Gasteiger partial charge in [-0.15, -0.1) is 0 Å². The summed E-state index contributed by atoms with van der Waals surface area (Å²) in [5.74, 6) is -0.415. The quantitative estimate of drug-likeness (QED) is 0.785. The second-order valence-electron chi connectivity index (χ2n) is 7.92. The number of carbonyl (C=O) groups is 2. The minimum atomic E-state index is -0.970. The topological polar surface area (TPSA) is 69.6 Å². The van der Waals surface area contributed by atoms with E-state index in [0.717, 1.165) is 5.56 Å². The number of aliphatic hydroxyl groups is 1. The standard InChI is InChI=1S/C23H27ClN2O3/c1-16(2)20(25-21(27)17-6-4-3-5-7-17)22(28)26-14-12-23(29,13-15-26)18-8-10-19(24)11-9-18/h3-11,16,20,29H,12-15H2,1-2H3,(H,25,27). The Morgan fingerprint density at radius 1 is 1.03 bits per heavy atom. The lowest BCUT2D eigenvalue weighted by molar-refractivity contribution is -0.138. The fourth-order valence-electron chi connectivity index (χ4n) is 3.67. The van der Waals surface area contributed by atoms with Gasteiger partial charge in [0.25, 0.3) is 5.91 Å². The van der Waals surface area contributed by atoms with Gasteiger partial charge in [0.2, 0.25) is 5.91 Å². The van der Waals surface area contributed by atoms with E-state index >= 15 is 0 Å². The van der Waals surface area contributed by atoms with Gasteiger partial charge >= 0.3 is 0 Å². The highest BCUT2D eigenvalue weighted by Crippen LogP contribution is 2.33. The number of benzene rings is 2. The lowest BCUT2D eigenvalue weighted by Gasteiger charge is -2.40. The van der Waals surface area contributed by atoms with Crippen LogP contribution in [-0.2, 0) is 10.4 Å². The van der Waals surface area contributed by atoms with Crippen molar-refractivity contribution in [1.29, 1.82) is 0 Å². The maximum absolute atomic E-state index is 13.1. The summed E-state index contributed by atoms with van der Waals surface area (Å²) in [5, 5.41) is 14.5. The maximum Gasteiger partial charge on any atom is 0.251 e. The molecule has 2 aromatic carbocycles. The Morgan fingerprint density at radius 2 is 1.62 bits per heavy atom. The van der Waals surface area contributed by atoms with Gasteiger partial charge < -0.3 is 15.3 Å². The predicted octanol–water partition coefficient (Wildman–Crippen LogP) is 3.60. The highest BCUT2D eigenvalue weighted by Gasteiger charge is 2.38. The van der Waals surface area contributed by atoms with Crippen molar-refractivity contribution in [2.75, 3.05) is 13.1 Å². The zero-order valence-electron chi connectivity index (χ0n) is 16.8. The zero-order valence-corrected chi connectivity index (χ0v) is 17.5. The van der Waals surface area contributed by atoms with E-state index in [2.05, 4.69) is 5.32 Å². The fourth-order valence-corrected chi connectivity index (χ4v) is 3.80. The molecule has 6 heteroatoms. The zero-order chi connectivity index (χ0) is 21.0. The van der Waals surface area contributed by atoms with E-state index in [4.69, 9.17) is 11.6 Å². The highest BCUT2D eigenvalue weighted by molar-refractivity contribution is 6.30. The molecule has 2 N–H and O–H groups in total. The normalized spacial score (nSPS) is 17.1. The number of amides is 2. The molecule has 154 valence electrons. The van der Waals surface area contributed by atoms with Gasteiger partial charge in [0, 0.05) is 23.7 Å². The van der Waals surface area contributed by atoms with Crippen LogP contribution in [0.15, 0.2) is 54.6 Å². The summed E-state index contributed by atoms with van der Waals surface area (Å²) < 4.78 is 0. The molecule has 1 heterocycles. The van der Waals surface area contributed by atoms with Crippen LogP contribution in [-0.4, -0.2) is 41.0 Å². The second-order valence-corrected chi connectivity index (χ2v) is 8.36. The summed E-state index contributed by atoms with van der Waals surface area (Å²) in [5.41, 5.74) is 0.371. The minimum Gasteiger partial charge on any atom is -0.385 e. The van der Waals surface area contributed by atoms with Crippen LogP contribution in [0.2, 0.25) is 5.02 Å². The van der Waals surface area contributed by atoms with Gasteiger partial charge in [-0.3, -0.25) is 9.59 Å². The number of rotatable bonds is 5. The van der Waals surface area contributed by atoms with Crippen LogP contribution in [0.4, 0.5) is 0 Å². The number of nitrogens with one attached hydrogen (secondary N) is 1. The van der Waals surface area contributed by atoms with Gasteiger partial charge in [-0.25, -0.2) is 0 Å². The fraction of sp³-hybridized carbons (Fsp3) is 0.391. The Bertz CT molecular complexity index is 844. The smallest absolute Gasteiger partial charge is 0.251 e. The van der Waals surface area contributed by atoms with Crippen molar-refractivity contribution in [3.8, 4) is 0 Å². The van der Waals surface area contributed by atoms with Crippen LogP contribution in [0.1, 0.15) is 42.6 Å². The van der Waals surface area contributed by atoms with Crippen LogP contribution < -0.4 is 5.32 Å². The number of piperidine rings is 1. The predicted molar refractivity (Wildman–Crippen MR) is 114 cm³/mol. The number of likely N-dealkylation sites (tertiary alicyclic amines) is 1. The van der Waals surface area contributed by atoms with Gasteiger partial charge in [-0.2, -0.15) is 0 Å². The Balaban J connectivity index is 1.65. The van der Waals surface area contributed by atoms with E-state index in [0.29, 0.717) is 36.5 Å². The molecule has 1 aliphatic heterocycles. The molecule has 1 aliphatic rings. The number of nitrogens with zero attached hydrogens (tertiary/aromatic N) is 1. The van der Waals surface area contributed by atoms with E-state index in [9.17, 15) is 14.7 Å². The first kappa shape index (κ1) is 21.3. The van der Waals surface area contributed by atoms with E-state index < -0.39 is 11.6 Å². The summed E-state index contributed by atoms with van der Waals surface area (Å²) in [4.78, 5) is 27.4. The third-order valence-corrected chi connectivity index (χ3v) is 5.79. The molecular formula is C23H27ClN2O3. The Morgan fingerprint density at radius 3 is 2.17 bits per heavy atom. The number of carbonyl (C=O) groups excluding carboxylic acids is 2. The van der Waals surface area contributed by atoms with Crippen LogP contribution in [0.25, 0.3) is 0 Å². The summed E-state index contributed by atoms with van der Waals surface area (Å²) >= 11 is 5.94. The van der Waals surface area contributed by atoms with Gasteiger partial charge in [0.05, 0.1) is 5.60 Å². The number of hydrogen-bond donors (Lipinski definition) is 2. The molecular weight excluding hydrogens is 388 g/mol. The molecule has 0 aromatic heterocycles. The van der Waals surface area contributed by atoms with Gasteiger partial charge in [0.1, 0.15) is 6.04 Å². The third-order valence-electron chi connectivity index (χ3n) is 5.54. The lowest BCUT2D eigenvalue weighted by Crippen LogP contribution is -2.54. The Labute approximate surface area is 176 Å². The Kier molecular flexibility index (Phi) is 6.60. The largest absolute Gasteiger partial charge is 0.385 e. The summed E-state index contributed by atoms with van der Waals surface area (Å²) in [6.07, 6.45) is 0.885. The second kappa shape index (κ2) is 8.97. The Hall–Kier alpha value is -2.37. The molecule has 1 saturated heterocycles. The number of hydrogen-bond acceptors (Lipinski definition) is 3. The first-order chi connectivity index (χ1) is 13.8. The molecule has 2 amide bonds. The highest BCUT2D eigenvalue weighted by atomic mass is 35.5. The van der Waals surface area contributed by atoms with Gasteiger partial charge in [0.15, 0.2) is 0 Å². The maximum atomic E-state index is 13.1. The number of halogens is 1. The van der Waals surface area contributed by atoms with E-state index in [1.54, 1.807) is 41.3 Å². The van der Waals surface area contributed by atoms with E-state index in [1.165, 1.54) is 0 Å². The molecule has 5 nitrogen and oxygen atoms in total. The molecule has 1 fully saturated rings. The van der Waals surface area contributed by atoms with Crippen LogP contribution >= 0.6 is 11.6 Å². The van der Waals surface area contributed by atoms with Crippen LogP contribution in [0.3, 0.4) is 0 Å². The summed E-state index contributed by atoms with van der Waals surface area (Å²) in [7, 11) is 0.